The lowest BCUT2D eigenvalue weighted by Crippen LogP contribution is -2.15. The summed E-state index contributed by atoms with van der Waals surface area (Å²) in [6, 6.07) is 0. The van der Waals surface area contributed by atoms with Crippen molar-refractivity contribution >= 4 is 0 Å². The summed E-state index contributed by atoms with van der Waals surface area (Å²) in [5.41, 5.74) is 0. The molecule has 0 amide bonds. The normalized spacial score (nSPS) is 40.2. The molecule has 0 saturated heterocycles. The molecule has 0 radical (unpaired) electrons. The molecule has 4 unspecified atom stereocenters. The first-order chi connectivity index (χ1) is 6.07. The number of hydrogen-bond acceptors (Lipinski definition) is 1. The Labute approximate surface area is 82.9 Å². The first-order valence-corrected chi connectivity index (χ1v) is 5.56. The molecule has 4 atom stereocenters. The highest BCUT2D eigenvalue weighted by Gasteiger charge is 2.38. The molecule has 0 N–H and O–H groups in total. The van der Waals surface area contributed by atoms with Gasteiger partial charge in [-0.25, -0.2) is 0 Å². The number of hydrogen-bond donors (Lipinski definition) is 0. The van der Waals surface area contributed by atoms with E-state index in [1.54, 1.807) is 0 Å². The van der Waals surface area contributed by atoms with Crippen LogP contribution in [0.15, 0.2) is 0 Å². The predicted octanol–water partition coefficient (Wildman–Crippen LogP) is 3.20. The number of rotatable bonds is 3. The molecule has 0 aromatic heterocycles. The summed E-state index contributed by atoms with van der Waals surface area (Å²) in [4.78, 5) is 0. The maximum Gasteiger partial charge on any atom is 0.0493 e. The van der Waals surface area contributed by atoms with E-state index in [4.69, 9.17) is 4.74 Å². The van der Waals surface area contributed by atoms with Crippen LogP contribution in [0.2, 0.25) is 0 Å². The van der Waals surface area contributed by atoms with Crippen molar-refractivity contribution < 1.29 is 4.74 Å². The van der Waals surface area contributed by atoms with Crippen LogP contribution >= 0.6 is 0 Å². The third-order valence-corrected chi connectivity index (χ3v) is 4.06. The minimum atomic E-state index is 0.799. The summed E-state index contributed by atoms with van der Waals surface area (Å²) in [6.07, 6.45) is 1.37. The van der Waals surface area contributed by atoms with Crippen molar-refractivity contribution in [2.24, 2.45) is 29.6 Å². The van der Waals surface area contributed by atoms with Crippen molar-refractivity contribution in [3.63, 3.8) is 0 Å². The third kappa shape index (κ3) is 2.25. The van der Waals surface area contributed by atoms with Crippen molar-refractivity contribution in [1.82, 2.24) is 0 Å². The van der Waals surface area contributed by atoms with Gasteiger partial charge in [0.05, 0.1) is 0 Å². The second kappa shape index (κ2) is 4.45. The number of methoxy groups -OCH3 is 1. The summed E-state index contributed by atoms with van der Waals surface area (Å²) < 4.78 is 5.27. The fourth-order valence-electron chi connectivity index (χ4n) is 2.91. The fraction of sp³-hybridized carbons (Fsp3) is 1.00. The van der Waals surface area contributed by atoms with Gasteiger partial charge in [-0.2, -0.15) is 0 Å². The molecule has 0 bridgehead atoms. The molecule has 0 aromatic rings. The van der Waals surface area contributed by atoms with Crippen molar-refractivity contribution in [3.8, 4) is 0 Å². The Morgan fingerprint density at radius 3 is 2.23 bits per heavy atom. The molecule has 0 spiro atoms. The van der Waals surface area contributed by atoms with E-state index in [0.717, 1.165) is 36.2 Å². The Hall–Kier alpha value is -0.0400. The van der Waals surface area contributed by atoms with Gasteiger partial charge < -0.3 is 4.74 Å². The van der Waals surface area contributed by atoms with Gasteiger partial charge in [-0.1, -0.05) is 27.7 Å². The van der Waals surface area contributed by atoms with E-state index in [2.05, 4.69) is 27.7 Å². The first kappa shape index (κ1) is 11.0. The van der Waals surface area contributed by atoms with E-state index in [1.165, 1.54) is 6.42 Å². The lowest BCUT2D eigenvalue weighted by Gasteiger charge is -2.21. The first-order valence-electron chi connectivity index (χ1n) is 5.56. The van der Waals surface area contributed by atoms with Crippen molar-refractivity contribution in [1.29, 1.82) is 0 Å². The maximum absolute atomic E-state index is 5.27. The fourth-order valence-corrected chi connectivity index (χ4v) is 2.91. The van der Waals surface area contributed by atoms with Gasteiger partial charge in [-0.15, -0.1) is 0 Å². The lowest BCUT2D eigenvalue weighted by molar-refractivity contribution is 0.131. The molecule has 1 nitrogen and oxygen atoms in total. The minimum absolute atomic E-state index is 0.799. The maximum atomic E-state index is 5.27. The van der Waals surface area contributed by atoms with Crippen LogP contribution in [0, 0.1) is 29.6 Å². The molecule has 0 aliphatic heterocycles. The van der Waals surface area contributed by atoms with E-state index in [1.807, 2.05) is 7.11 Å². The average molecular weight is 184 g/mol. The van der Waals surface area contributed by atoms with Crippen LogP contribution in [-0.4, -0.2) is 13.7 Å². The van der Waals surface area contributed by atoms with Crippen LogP contribution in [0.4, 0.5) is 0 Å². The van der Waals surface area contributed by atoms with Crippen molar-refractivity contribution in [2.45, 2.75) is 34.1 Å². The summed E-state index contributed by atoms with van der Waals surface area (Å²) >= 11 is 0. The molecule has 1 aliphatic rings. The SMILES string of the molecule is COCC1CC(C(C)C)C(C)C1C. The summed E-state index contributed by atoms with van der Waals surface area (Å²) in [7, 11) is 1.82. The van der Waals surface area contributed by atoms with Crippen LogP contribution < -0.4 is 0 Å². The van der Waals surface area contributed by atoms with Gasteiger partial charge in [-0.05, 0) is 36.0 Å². The van der Waals surface area contributed by atoms with Gasteiger partial charge in [0.1, 0.15) is 0 Å². The van der Waals surface area contributed by atoms with Gasteiger partial charge >= 0.3 is 0 Å². The molecule has 78 valence electrons. The molecule has 0 heterocycles. The molecule has 0 aromatic carbocycles. The van der Waals surface area contributed by atoms with Gasteiger partial charge in [0.2, 0.25) is 0 Å². The van der Waals surface area contributed by atoms with E-state index in [9.17, 15) is 0 Å². The molecular formula is C12H24O. The molecule has 1 saturated carbocycles. The van der Waals surface area contributed by atoms with Crippen LogP contribution in [-0.2, 0) is 4.74 Å². The Bertz CT molecular complexity index is 153. The van der Waals surface area contributed by atoms with Crippen molar-refractivity contribution in [3.05, 3.63) is 0 Å². The number of ether oxygens (including phenoxy) is 1. The molecule has 1 fully saturated rings. The highest BCUT2D eigenvalue weighted by molar-refractivity contribution is 4.87. The second-order valence-electron chi connectivity index (χ2n) is 5.08. The largest absolute Gasteiger partial charge is 0.384 e. The summed E-state index contributed by atoms with van der Waals surface area (Å²) in [5, 5.41) is 0. The van der Waals surface area contributed by atoms with Crippen LogP contribution in [0.3, 0.4) is 0 Å². The molecule has 1 aliphatic carbocycles. The van der Waals surface area contributed by atoms with Gasteiger partial charge in [0.15, 0.2) is 0 Å². The Kier molecular flexibility index (Phi) is 3.78. The molecular weight excluding hydrogens is 160 g/mol. The zero-order chi connectivity index (χ0) is 10.0. The zero-order valence-electron chi connectivity index (χ0n) is 9.71. The Morgan fingerprint density at radius 2 is 1.85 bits per heavy atom. The van der Waals surface area contributed by atoms with Crippen LogP contribution in [0.25, 0.3) is 0 Å². The van der Waals surface area contributed by atoms with E-state index < -0.39 is 0 Å². The van der Waals surface area contributed by atoms with Gasteiger partial charge in [0.25, 0.3) is 0 Å². The highest BCUT2D eigenvalue weighted by atomic mass is 16.5. The Balaban J connectivity index is 2.56. The topological polar surface area (TPSA) is 9.23 Å². The van der Waals surface area contributed by atoms with Gasteiger partial charge in [0, 0.05) is 13.7 Å². The highest BCUT2D eigenvalue weighted by Crippen LogP contribution is 2.44. The lowest BCUT2D eigenvalue weighted by atomic mass is 9.84. The third-order valence-electron chi connectivity index (χ3n) is 4.06. The minimum Gasteiger partial charge on any atom is -0.384 e. The molecule has 1 rings (SSSR count). The molecule has 1 heteroatoms. The average Bonchev–Trinajstić information content (AvgIpc) is 2.33. The van der Waals surface area contributed by atoms with Crippen LogP contribution in [0.1, 0.15) is 34.1 Å². The zero-order valence-corrected chi connectivity index (χ0v) is 9.71. The van der Waals surface area contributed by atoms with Crippen molar-refractivity contribution in [2.75, 3.05) is 13.7 Å². The predicted molar refractivity (Wildman–Crippen MR) is 56.6 cm³/mol. The smallest absolute Gasteiger partial charge is 0.0493 e. The van der Waals surface area contributed by atoms with Gasteiger partial charge in [-0.3, -0.25) is 0 Å². The van der Waals surface area contributed by atoms with E-state index in [0.29, 0.717) is 0 Å². The standard InChI is InChI=1S/C12H24O/c1-8(2)12-6-11(7-13-5)9(3)10(12)4/h8-12H,6-7H2,1-5H3. The summed E-state index contributed by atoms with van der Waals surface area (Å²) in [5.74, 6) is 4.26. The monoisotopic (exact) mass is 184 g/mol. The second-order valence-corrected chi connectivity index (χ2v) is 5.08. The molecule has 13 heavy (non-hydrogen) atoms. The quantitative estimate of drug-likeness (QED) is 0.654. The Morgan fingerprint density at radius 1 is 1.23 bits per heavy atom. The summed E-state index contributed by atoms with van der Waals surface area (Å²) in [6.45, 7) is 10.4. The van der Waals surface area contributed by atoms with E-state index in [-0.39, 0.29) is 0 Å². The van der Waals surface area contributed by atoms with Crippen LogP contribution in [0.5, 0.6) is 0 Å². The van der Waals surface area contributed by atoms with E-state index >= 15 is 0 Å².